The molecular formula is C22H25ClFN5O2. The Balaban J connectivity index is 1.53. The normalized spacial score (nSPS) is 17.2. The average Bonchev–Trinajstić information content (AvgIpc) is 3.09. The summed E-state index contributed by atoms with van der Waals surface area (Å²) in [5, 5.41) is 0.311. The molecular weight excluding hydrogens is 421 g/mol. The fourth-order valence-electron chi connectivity index (χ4n) is 3.82. The summed E-state index contributed by atoms with van der Waals surface area (Å²) >= 11 is 6.28. The topological polar surface area (TPSA) is 72.6 Å². The second kappa shape index (κ2) is 8.42. The number of nitrogens with zero attached hydrogens (tertiary/aromatic N) is 5. The Bertz CT molecular complexity index is 1110. The predicted molar refractivity (Wildman–Crippen MR) is 115 cm³/mol. The summed E-state index contributed by atoms with van der Waals surface area (Å²) in [5.74, 6) is 0.249. The highest BCUT2D eigenvalue weighted by Gasteiger charge is 2.28. The SMILES string of the molecule is CC(C)(C)OC(=O)N1CCC[C@@H](Cc2cc(Cl)nc(-c3cnc4ccc(F)cn34)n2)C1. The highest BCUT2D eigenvalue weighted by Crippen LogP contribution is 2.25. The molecule has 1 amide bonds. The van der Waals surface area contributed by atoms with Crippen LogP contribution in [0, 0.1) is 11.7 Å². The van der Waals surface area contributed by atoms with Crippen LogP contribution in [0.3, 0.4) is 0 Å². The van der Waals surface area contributed by atoms with E-state index in [1.54, 1.807) is 27.6 Å². The van der Waals surface area contributed by atoms with E-state index >= 15 is 0 Å². The number of rotatable bonds is 3. The smallest absolute Gasteiger partial charge is 0.410 e. The summed E-state index contributed by atoms with van der Waals surface area (Å²) in [6.45, 7) is 6.88. The van der Waals surface area contributed by atoms with Gasteiger partial charge in [0.05, 0.1) is 6.20 Å². The largest absolute Gasteiger partial charge is 0.444 e. The third-order valence-corrected chi connectivity index (χ3v) is 5.31. The first-order chi connectivity index (χ1) is 14.7. The van der Waals surface area contributed by atoms with Gasteiger partial charge in [-0.1, -0.05) is 11.6 Å². The van der Waals surface area contributed by atoms with Crippen molar-refractivity contribution in [2.24, 2.45) is 5.92 Å². The van der Waals surface area contributed by atoms with Crippen LogP contribution in [0.15, 0.2) is 30.6 Å². The molecule has 1 atom stereocenters. The number of aromatic nitrogens is 4. The lowest BCUT2D eigenvalue weighted by Crippen LogP contribution is -2.43. The van der Waals surface area contributed by atoms with E-state index in [9.17, 15) is 9.18 Å². The van der Waals surface area contributed by atoms with Gasteiger partial charge in [0.25, 0.3) is 0 Å². The predicted octanol–water partition coefficient (Wildman–Crippen LogP) is 4.77. The summed E-state index contributed by atoms with van der Waals surface area (Å²) in [7, 11) is 0. The first-order valence-corrected chi connectivity index (χ1v) is 10.7. The number of piperidine rings is 1. The van der Waals surface area contributed by atoms with Gasteiger partial charge < -0.3 is 9.64 Å². The van der Waals surface area contributed by atoms with Crippen LogP contribution >= 0.6 is 11.6 Å². The lowest BCUT2D eigenvalue weighted by molar-refractivity contribution is 0.0165. The van der Waals surface area contributed by atoms with Gasteiger partial charge in [-0.3, -0.25) is 4.40 Å². The maximum Gasteiger partial charge on any atom is 0.410 e. The Labute approximate surface area is 185 Å². The van der Waals surface area contributed by atoms with Crippen molar-refractivity contribution in [3.8, 4) is 11.5 Å². The second-order valence-corrected chi connectivity index (χ2v) is 9.25. The molecule has 0 unspecified atom stereocenters. The van der Waals surface area contributed by atoms with Crippen molar-refractivity contribution in [1.29, 1.82) is 0 Å². The van der Waals surface area contributed by atoms with Crippen LogP contribution in [0.4, 0.5) is 9.18 Å². The fraction of sp³-hybridized carbons (Fsp3) is 0.455. The zero-order valence-electron chi connectivity index (χ0n) is 17.8. The van der Waals surface area contributed by atoms with Gasteiger partial charge in [0.15, 0.2) is 5.82 Å². The number of hydrogen-bond acceptors (Lipinski definition) is 5. The number of hydrogen-bond donors (Lipinski definition) is 0. The Morgan fingerprint density at radius 2 is 2.13 bits per heavy atom. The van der Waals surface area contributed by atoms with E-state index in [2.05, 4.69) is 15.0 Å². The molecule has 0 radical (unpaired) electrons. The van der Waals surface area contributed by atoms with Gasteiger partial charge in [0, 0.05) is 25.0 Å². The molecule has 9 heteroatoms. The van der Waals surface area contributed by atoms with Crippen molar-refractivity contribution in [2.45, 2.75) is 45.6 Å². The van der Waals surface area contributed by atoms with E-state index in [0.29, 0.717) is 41.8 Å². The molecule has 164 valence electrons. The highest BCUT2D eigenvalue weighted by atomic mass is 35.5. The molecule has 31 heavy (non-hydrogen) atoms. The first kappa shape index (κ1) is 21.5. The van der Waals surface area contributed by atoms with Gasteiger partial charge in [-0.2, -0.15) is 0 Å². The van der Waals surface area contributed by atoms with Crippen LogP contribution < -0.4 is 0 Å². The summed E-state index contributed by atoms with van der Waals surface area (Å²) in [6, 6.07) is 4.69. The Kier molecular flexibility index (Phi) is 5.83. The average molecular weight is 446 g/mol. The zero-order valence-corrected chi connectivity index (χ0v) is 18.6. The molecule has 1 saturated heterocycles. The molecule has 1 aliphatic heterocycles. The van der Waals surface area contributed by atoms with Crippen LogP contribution in [0.2, 0.25) is 5.15 Å². The maximum absolute atomic E-state index is 13.7. The first-order valence-electron chi connectivity index (χ1n) is 10.3. The molecule has 1 fully saturated rings. The number of carbonyl (C=O) groups excluding carboxylic acids is 1. The fourth-order valence-corrected chi connectivity index (χ4v) is 4.03. The number of amides is 1. The molecule has 0 aromatic carbocycles. The molecule has 0 N–H and O–H groups in total. The Morgan fingerprint density at radius 3 is 2.90 bits per heavy atom. The third-order valence-electron chi connectivity index (χ3n) is 5.12. The third kappa shape index (κ3) is 5.12. The van der Waals surface area contributed by atoms with Gasteiger partial charge in [-0.05, 0) is 64.2 Å². The van der Waals surface area contributed by atoms with Crippen LogP contribution in [0.1, 0.15) is 39.3 Å². The van der Waals surface area contributed by atoms with Gasteiger partial charge in [-0.15, -0.1) is 0 Å². The van der Waals surface area contributed by atoms with Crippen LogP contribution in [-0.4, -0.2) is 49.0 Å². The summed E-state index contributed by atoms with van der Waals surface area (Å²) in [4.78, 5) is 27.5. The van der Waals surface area contributed by atoms with Crippen molar-refractivity contribution < 1.29 is 13.9 Å². The summed E-state index contributed by atoms with van der Waals surface area (Å²) in [5.41, 5.74) is 1.42. The van der Waals surface area contributed by atoms with Gasteiger partial charge in [-0.25, -0.2) is 24.1 Å². The van der Waals surface area contributed by atoms with Crippen molar-refractivity contribution >= 4 is 23.3 Å². The van der Waals surface area contributed by atoms with Crippen molar-refractivity contribution in [1.82, 2.24) is 24.3 Å². The standard InChI is InChI=1S/C22H25ClFN5O2/c1-22(2,3)31-21(30)28-8-4-5-14(12-28)9-16-10-18(23)27-20(26-16)17-11-25-19-7-6-15(24)13-29(17)19/h6-7,10-11,13-14H,4-5,8-9,12H2,1-3H3/t14-/m0/s1. The second-order valence-electron chi connectivity index (χ2n) is 8.86. The molecule has 0 saturated carbocycles. The van der Waals surface area contributed by atoms with E-state index < -0.39 is 5.60 Å². The van der Waals surface area contributed by atoms with Crippen molar-refractivity contribution in [3.05, 3.63) is 47.3 Å². The number of pyridine rings is 1. The minimum Gasteiger partial charge on any atom is -0.444 e. The van der Waals surface area contributed by atoms with Gasteiger partial charge in [0.2, 0.25) is 0 Å². The number of fused-ring (bicyclic) bond motifs is 1. The van der Waals surface area contributed by atoms with Crippen molar-refractivity contribution in [3.63, 3.8) is 0 Å². The van der Waals surface area contributed by atoms with E-state index in [1.807, 2.05) is 20.8 Å². The molecule has 3 aromatic rings. The molecule has 0 spiro atoms. The number of likely N-dealkylation sites (tertiary alicyclic amines) is 1. The lowest BCUT2D eigenvalue weighted by Gasteiger charge is -2.34. The number of halogens is 2. The maximum atomic E-state index is 13.7. The lowest BCUT2D eigenvalue weighted by atomic mass is 9.93. The van der Waals surface area contributed by atoms with Crippen LogP contribution in [-0.2, 0) is 11.2 Å². The van der Waals surface area contributed by atoms with E-state index in [0.717, 1.165) is 18.5 Å². The Morgan fingerprint density at radius 1 is 1.32 bits per heavy atom. The van der Waals surface area contributed by atoms with E-state index in [4.69, 9.17) is 16.3 Å². The molecule has 0 bridgehead atoms. The quantitative estimate of drug-likeness (QED) is 0.543. The monoisotopic (exact) mass is 445 g/mol. The summed E-state index contributed by atoms with van der Waals surface area (Å²) < 4.78 is 20.8. The van der Waals surface area contributed by atoms with Crippen LogP contribution in [0.5, 0.6) is 0 Å². The molecule has 4 rings (SSSR count). The Hall–Kier alpha value is -2.74. The number of carbonyl (C=O) groups is 1. The van der Waals surface area contributed by atoms with Gasteiger partial charge >= 0.3 is 6.09 Å². The van der Waals surface area contributed by atoms with Crippen LogP contribution in [0.25, 0.3) is 17.2 Å². The molecule has 1 aliphatic rings. The zero-order chi connectivity index (χ0) is 22.2. The molecule has 3 aromatic heterocycles. The summed E-state index contributed by atoms with van der Waals surface area (Å²) in [6.07, 6.45) is 5.21. The minimum absolute atomic E-state index is 0.236. The highest BCUT2D eigenvalue weighted by molar-refractivity contribution is 6.29. The van der Waals surface area contributed by atoms with Gasteiger partial charge in [0.1, 0.15) is 27.9 Å². The molecule has 4 heterocycles. The molecule has 7 nitrogen and oxygen atoms in total. The van der Waals surface area contributed by atoms with Crippen molar-refractivity contribution in [2.75, 3.05) is 13.1 Å². The van der Waals surface area contributed by atoms with E-state index in [-0.39, 0.29) is 17.8 Å². The number of imidazole rings is 1. The van der Waals surface area contributed by atoms with E-state index in [1.165, 1.54) is 12.3 Å². The minimum atomic E-state index is -0.521. The molecule has 0 aliphatic carbocycles. The number of ether oxygens (including phenoxy) is 1.